The molecule has 282 valence electrons. The van der Waals surface area contributed by atoms with E-state index in [0.717, 1.165) is 63.4 Å². The number of nitrogens with two attached hydrogens (primary N) is 1. The zero-order valence-corrected chi connectivity index (χ0v) is 33.5. The minimum absolute atomic E-state index is 0.0234. The molecular weight excluding hydrogens is 637 g/mol. The van der Waals surface area contributed by atoms with Crippen molar-refractivity contribution in [3.63, 3.8) is 0 Å². The lowest BCUT2D eigenvalue weighted by Gasteiger charge is -2.43. The van der Waals surface area contributed by atoms with Crippen molar-refractivity contribution in [3.05, 3.63) is 22.7 Å². The molecule has 1 aliphatic heterocycles. The van der Waals surface area contributed by atoms with Gasteiger partial charge >= 0.3 is 5.69 Å². The molecule has 1 saturated carbocycles. The maximum atomic E-state index is 12.8. The van der Waals surface area contributed by atoms with Gasteiger partial charge < -0.3 is 29.7 Å². The summed E-state index contributed by atoms with van der Waals surface area (Å²) in [6.07, 6.45) is 9.76. The molecule has 11 heteroatoms. The Bertz CT molecular complexity index is 1200. The van der Waals surface area contributed by atoms with Crippen molar-refractivity contribution in [2.45, 2.75) is 168 Å². The number of nitrogens with zero attached hydrogens (tertiary/aromatic N) is 2. The Morgan fingerprint density at radius 1 is 0.980 bits per heavy atom. The number of carbonyl (C=O) groups excluding carboxylic acids is 1. The standard InChI is InChI=1S/C38H70N4O6Si/c1-11-29-25-31(28(5)26(3)27(29)4)45-23-18-15-19-33(43)40-21-16-13-14-17-24-46-34-30(12-2)47-36(42-22-20-32(39)41-37(42)44)35(34)48-49(9,10)38(6,7)8/h20,22,26-31,34-36H,11-19,21,23-25H2,1-10H3,(H,40,43)(H2,39,41,44)/t26-,27+,28+,29-,30+,31+,34?,35-,36+/m0/s1. The van der Waals surface area contributed by atoms with E-state index in [0.29, 0.717) is 37.5 Å². The number of hydrogen-bond acceptors (Lipinski definition) is 8. The third-order valence-corrected chi connectivity index (χ3v) is 16.4. The summed E-state index contributed by atoms with van der Waals surface area (Å²) < 4.78 is 27.6. The summed E-state index contributed by atoms with van der Waals surface area (Å²) in [4.78, 5) is 29.1. The summed E-state index contributed by atoms with van der Waals surface area (Å²) in [5.74, 6) is 3.11. The molecule has 3 rings (SSSR count). The van der Waals surface area contributed by atoms with Crippen molar-refractivity contribution in [2.75, 3.05) is 25.5 Å². The van der Waals surface area contributed by atoms with Gasteiger partial charge in [-0.2, -0.15) is 4.98 Å². The van der Waals surface area contributed by atoms with Gasteiger partial charge in [-0.05, 0) is 86.4 Å². The van der Waals surface area contributed by atoms with Crippen LogP contribution in [0.1, 0.15) is 126 Å². The number of hydrogen-bond donors (Lipinski definition) is 2. The average molecular weight is 707 g/mol. The molecule has 2 aliphatic rings. The van der Waals surface area contributed by atoms with Crippen LogP contribution in [-0.2, 0) is 23.4 Å². The number of amides is 1. The fourth-order valence-corrected chi connectivity index (χ4v) is 8.48. The van der Waals surface area contributed by atoms with Crippen LogP contribution in [0.2, 0.25) is 18.1 Å². The maximum Gasteiger partial charge on any atom is 0.351 e. The highest BCUT2D eigenvalue weighted by Crippen LogP contribution is 2.43. The van der Waals surface area contributed by atoms with Crippen molar-refractivity contribution >= 4 is 20.0 Å². The van der Waals surface area contributed by atoms with Crippen molar-refractivity contribution in [1.82, 2.24) is 14.9 Å². The molecule has 9 atom stereocenters. The van der Waals surface area contributed by atoms with E-state index < -0.39 is 26.3 Å². The van der Waals surface area contributed by atoms with Crippen molar-refractivity contribution in [1.29, 1.82) is 0 Å². The lowest BCUT2D eigenvalue weighted by molar-refractivity contribution is -0.121. The average Bonchev–Trinajstić information content (AvgIpc) is 3.37. The van der Waals surface area contributed by atoms with E-state index in [4.69, 9.17) is 24.4 Å². The maximum absolute atomic E-state index is 12.8. The van der Waals surface area contributed by atoms with Gasteiger partial charge in [0.15, 0.2) is 14.5 Å². The molecule has 49 heavy (non-hydrogen) atoms. The number of anilines is 1. The third-order valence-electron chi connectivity index (χ3n) is 11.9. The first-order valence-electron chi connectivity index (χ1n) is 19.3. The molecule has 2 heterocycles. The van der Waals surface area contributed by atoms with Crippen molar-refractivity contribution in [3.8, 4) is 0 Å². The summed E-state index contributed by atoms with van der Waals surface area (Å²) in [5.41, 5.74) is 5.31. The van der Waals surface area contributed by atoms with Crippen LogP contribution in [0.4, 0.5) is 5.82 Å². The molecule has 1 amide bonds. The summed E-state index contributed by atoms with van der Waals surface area (Å²) >= 11 is 0. The number of ether oxygens (including phenoxy) is 3. The molecule has 1 saturated heterocycles. The van der Waals surface area contributed by atoms with Gasteiger partial charge in [0, 0.05) is 32.4 Å². The fourth-order valence-electron chi connectivity index (χ4n) is 7.20. The lowest BCUT2D eigenvalue weighted by atomic mass is 9.66. The Morgan fingerprint density at radius 3 is 2.31 bits per heavy atom. The predicted molar refractivity (Wildman–Crippen MR) is 200 cm³/mol. The monoisotopic (exact) mass is 707 g/mol. The molecule has 0 bridgehead atoms. The van der Waals surface area contributed by atoms with E-state index in [9.17, 15) is 9.59 Å². The minimum Gasteiger partial charge on any atom is -0.407 e. The Labute approximate surface area is 298 Å². The number of rotatable bonds is 19. The number of nitrogen functional groups attached to an aromatic ring is 1. The highest BCUT2D eigenvalue weighted by Gasteiger charge is 2.51. The summed E-state index contributed by atoms with van der Waals surface area (Å²) in [5, 5.41) is 3.07. The Kier molecular flexibility index (Phi) is 16.3. The third kappa shape index (κ3) is 11.6. The van der Waals surface area contributed by atoms with Crippen LogP contribution < -0.4 is 16.7 Å². The number of unbranched alkanes of at least 4 members (excludes halogenated alkanes) is 4. The Balaban J connectivity index is 1.36. The zero-order chi connectivity index (χ0) is 36.4. The van der Waals surface area contributed by atoms with Crippen LogP contribution in [-0.4, -0.2) is 68.0 Å². The highest BCUT2D eigenvalue weighted by atomic mass is 28.4. The van der Waals surface area contributed by atoms with E-state index in [1.807, 2.05) is 0 Å². The summed E-state index contributed by atoms with van der Waals surface area (Å²) in [6.45, 7) is 24.5. The normalized spacial score (nSPS) is 29.3. The first-order chi connectivity index (χ1) is 23.1. The van der Waals surface area contributed by atoms with Gasteiger partial charge in [0.2, 0.25) is 5.91 Å². The van der Waals surface area contributed by atoms with Crippen molar-refractivity contribution in [2.24, 2.45) is 23.7 Å². The quantitative estimate of drug-likeness (QED) is 0.112. The van der Waals surface area contributed by atoms with Gasteiger partial charge in [-0.15, -0.1) is 0 Å². The largest absolute Gasteiger partial charge is 0.407 e. The second-order valence-electron chi connectivity index (χ2n) is 16.3. The van der Waals surface area contributed by atoms with Crippen LogP contribution >= 0.6 is 0 Å². The molecule has 1 aromatic rings. The first kappa shape index (κ1) is 41.6. The number of aromatic nitrogens is 2. The molecule has 0 aromatic carbocycles. The van der Waals surface area contributed by atoms with Crippen LogP contribution in [0.25, 0.3) is 0 Å². The van der Waals surface area contributed by atoms with E-state index in [2.05, 4.69) is 78.8 Å². The highest BCUT2D eigenvalue weighted by molar-refractivity contribution is 6.74. The van der Waals surface area contributed by atoms with E-state index in [-0.39, 0.29) is 29.0 Å². The van der Waals surface area contributed by atoms with Crippen LogP contribution in [0.3, 0.4) is 0 Å². The molecule has 1 aromatic heterocycles. The van der Waals surface area contributed by atoms with E-state index in [1.54, 1.807) is 12.3 Å². The molecule has 1 unspecified atom stereocenters. The second-order valence-corrected chi connectivity index (χ2v) is 21.1. The van der Waals surface area contributed by atoms with E-state index in [1.165, 1.54) is 17.4 Å². The van der Waals surface area contributed by atoms with Gasteiger partial charge in [0.25, 0.3) is 0 Å². The van der Waals surface area contributed by atoms with Crippen molar-refractivity contribution < 1.29 is 23.4 Å². The summed E-state index contributed by atoms with van der Waals surface area (Å²) in [7, 11) is -2.23. The first-order valence-corrected chi connectivity index (χ1v) is 22.2. The number of nitrogens with one attached hydrogen (secondary N) is 1. The molecule has 3 N–H and O–H groups in total. The van der Waals surface area contributed by atoms with E-state index >= 15 is 0 Å². The second kappa shape index (κ2) is 19.2. The molecule has 0 spiro atoms. The Morgan fingerprint density at radius 2 is 1.65 bits per heavy atom. The van der Waals surface area contributed by atoms with Gasteiger partial charge in [0.05, 0.1) is 12.2 Å². The topological polar surface area (TPSA) is 127 Å². The molecule has 0 radical (unpaired) electrons. The van der Waals surface area contributed by atoms with Crippen LogP contribution in [0, 0.1) is 23.7 Å². The summed E-state index contributed by atoms with van der Waals surface area (Å²) in [6, 6.07) is 1.61. The van der Waals surface area contributed by atoms with Gasteiger partial charge in [0.1, 0.15) is 18.0 Å². The molecular formula is C38H70N4O6Si. The predicted octanol–water partition coefficient (Wildman–Crippen LogP) is 7.48. The van der Waals surface area contributed by atoms with Crippen LogP contribution in [0.5, 0.6) is 0 Å². The SMILES string of the molecule is CC[C@H]1C[C@@H](OCCCCC(=O)NCCCCCCOC2[C@@H](CC)O[C@@H](n3ccc(N)nc3=O)[C@H]2O[Si](C)(C)C(C)(C)C)[C@H](C)[C@@H](C)[C@H]1C. The molecule has 1 aliphatic carbocycles. The van der Waals surface area contributed by atoms with Gasteiger partial charge in [-0.1, -0.05) is 74.7 Å². The van der Waals surface area contributed by atoms with Gasteiger partial charge in [-0.25, -0.2) is 4.79 Å². The van der Waals surface area contributed by atoms with Gasteiger partial charge in [-0.3, -0.25) is 9.36 Å². The zero-order valence-electron chi connectivity index (χ0n) is 32.5. The smallest absolute Gasteiger partial charge is 0.351 e. The fraction of sp³-hybridized carbons (Fsp3) is 0.868. The lowest BCUT2D eigenvalue weighted by Crippen LogP contribution is -2.50. The Hall–Kier alpha value is -1.79. The minimum atomic E-state index is -2.23. The van der Waals surface area contributed by atoms with Crippen LogP contribution in [0.15, 0.2) is 17.1 Å². The molecule has 10 nitrogen and oxygen atoms in total. The number of carbonyl (C=O) groups is 1. The molecule has 2 fully saturated rings.